The Morgan fingerprint density at radius 3 is 2.50 bits per heavy atom. The van der Waals surface area contributed by atoms with Crippen LogP contribution in [0.4, 0.5) is 0 Å². The number of benzene rings is 1. The predicted molar refractivity (Wildman–Crippen MR) is 53.9 cm³/mol. The summed E-state index contributed by atoms with van der Waals surface area (Å²) in [4.78, 5) is 0. The molecule has 12 heavy (non-hydrogen) atoms. The number of hydrogen-bond acceptors (Lipinski definition) is 2. The Bertz CT molecular complexity index is 215. The minimum Gasteiger partial charge on any atom is -0.414 e. The highest BCUT2D eigenvalue weighted by Gasteiger charge is 2.10. The molecule has 3 heteroatoms. The Morgan fingerprint density at radius 1 is 1.33 bits per heavy atom. The van der Waals surface area contributed by atoms with Crippen LogP contribution in [-0.2, 0) is 4.43 Å². The summed E-state index contributed by atoms with van der Waals surface area (Å²) >= 11 is 0. The summed E-state index contributed by atoms with van der Waals surface area (Å²) < 4.78 is 5.59. The maximum atomic E-state index is 5.63. The summed E-state index contributed by atoms with van der Waals surface area (Å²) in [5.41, 5.74) is 5.63. The average Bonchev–Trinajstić information content (AvgIpc) is 2.15. The van der Waals surface area contributed by atoms with Crippen molar-refractivity contribution in [2.24, 2.45) is 5.73 Å². The first-order valence-electron chi connectivity index (χ1n) is 4.25. The molecule has 0 heterocycles. The Morgan fingerprint density at radius 2 is 2.00 bits per heavy atom. The van der Waals surface area contributed by atoms with Crippen LogP contribution in [0.15, 0.2) is 30.3 Å². The zero-order chi connectivity index (χ0) is 8.81. The molecule has 0 spiro atoms. The molecule has 1 rings (SSSR count). The highest BCUT2D eigenvalue weighted by atomic mass is 28.3. The van der Waals surface area contributed by atoms with Gasteiger partial charge < -0.3 is 10.2 Å². The van der Waals surface area contributed by atoms with Gasteiger partial charge >= 0.3 is 0 Å². The van der Waals surface area contributed by atoms with E-state index in [0.717, 1.165) is 6.61 Å². The third kappa shape index (κ3) is 2.44. The zero-order valence-electron chi connectivity index (χ0n) is 7.36. The van der Waals surface area contributed by atoms with E-state index < -0.39 is 9.04 Å². The normalized spacial score (nSPS) is 12.8. The standard InChI is InChI=1S/C9H15NOSi/c1-2-11-12(8-10)9-6-4-3-5-7-9/h3-7,12H,2,8,10H2,1H3. The summed E-state index contributed by atoms with van der Waals surface area (Å²) in [6, 6.07) is 10.3. The number of nitrogens with two attached hydrogens (primary N) is 1. The smallest absolute Gasteiger partial charge is 0.221 e. The van der Waals surface area contributed by atoms with E-state index in [1.54, 1.807) is 0 Å². The summed E-state index contributed by atoms with van der Waals surface area (Å²) in [7, 11) is -1.29. The highest BCUT2D eigenvalue weighted by molar-refractivity contribution is 6.67. The number of hydrogen-bond donors (Lipinski definition) is 1. The Labute approximate surface area is 75.1 Å². The molecule has 0 aliphatic carbocycles. The van der Waals surface area contributed by atoms with Gasteiger partial charge in [0.25, 0.3) is 0 Å². The van der Waals surface area contributed by atoms with Crippen LogP contribution in [0.5, 0.6) is 0 Å². The van der Waals surface area contributed by atoms with Crippen molar-refractivity contribution in [3.05, 3.63) is 30.3 Å². The lowest BCUT2D eigenvalue weighted by atomic mass is 10.4. The first-order valence-corrected chi connectivity index (χ1v) is 6.11. The molecule has 1 atom stereocenters. The first kappa shape index (κ1) is 9.44. The molecule has 0 radical (unpaired) electrons. The van der Waals surface area contributed by atoms with Crippen molar-refractivity contribution in [3.63, 3.8) is 0 Å². The summed E-state index contributed by atoms with van der Waals surface area (Å²) in [5.74, 6) is 0. The van der Waals surface area contributed by atoms with E-state index in [1.165, 1.54) is 5.19 Å². The molecule has 2 N–H and O–H groups in total. The topological polar surface area (TPSA) is 35.2 Å². The molecule has 1 aromatic carbocycles. The van der Waals surface area contributed by atoms with Crippen LogP contribution in [0.25, 0.3) is 0 Å². The Kier molecular flexibility index (Phi) is 4.00. The van der Waals surface area contributed by atoms with Gasteiger partial charge in [-0.05, 0) is 12.1 Å². The minimum absolute atomic E-state index is 0.678. The molecular formula is C9H15NOSi. The van der Waals surface area contributed by atoms with E-state index >= 15 is 0 Å². The maximum Gasteiger partial charge on any atom is 0.221 e. The lowest BCUT2D eigenvalue weighted by molar-refractivity contribution is 0.350. The van der Waals surface area contributed by atoms with E-state index in [-0.39, 0.29) is 0 Å². The van der Waals surface area contributed by atoms with Gasteiger partial charge in [-0.1, -0.05) is 30.3 Å². The van der Waals surface area contributed by atoms with Crippen molar-refractivity contribution in [1.29, 1.82) is 0 Å². The van der Waals surface area contributed by atoms with Crippen molar-refractivity contribution in [2.45, 2.75) is 6.92 Å². The second kappa shape index (κ2) is 5.08. The van der Waals surface area contributed by atoms with Crippen molar-refractivity contribution >= 4 is 14.2 Å². The fourth-order valence-corrected chi connectivity index (χ4v) is 2.82. The van der Waals surface area contributed by atoms with Crippen LogP contribution in [-0.4, -0.2) is 21.8 Å². The highest BCUT2D eigenvalue weighted by Crippen LogP contribution is 1.89. The van der Waals surface area contributed by atoms with Crippen molar-refractivity contribution in [3.8, 4) is 0 Å². The Hall–Kier alpha value is -0.643. The second-order valence-corrected chi connectivity index (χ2v) is 5.04. The molecule has 0 saturated heterocycles. The van der Waals surface area contributed by atoms with Crippen LogP contribution >= 0.6 is 0 Å². The van der Waals surface area contributed by atoms with E-state index in [9.17, 15) is 0 Å². The van der Waals surface area contributed by atoms with Gasteiger partial charge in [-0.15, -0.1) is 0 Å². The molecular weight excluding hydrogens is 166 g/mol. The van der Waals surface area contributed by atoms with Gasteiger partial charge in [0.1, 0.15) is 0 Å². The maximum absolute atomic E-state index is 5.63. The molecule has 2 nitrogen and oxygen atoms in total. The zero-order valence-corrected chi connectivity index (χ0v) is 8.52. The van der Waals surface area contributed by atoms with Crippen LogP contribution in [0.3, 0.4) is 0 Å². The molecule has 0 bridgehead atoms. The van der Waals surface area contributed by atoms with Gasteiger partial charge in [0.05, 0.1) is 0 Å². The molecule has 0 aliphatic rings. The fraction of sp³-hybridized carbons (Fsp3) is 0.333. The SMILES string of the molecule is CCO[SiH](CN)c1ccccc1. The van der Waals surface area contributed by atoms with Crippen molar-refractivity contribution < 1.29 is 4.43 Å². The largest absolute Gasteiger partial charge is 0.414 e. The molecule has 0 fully saturated rings. The minimum atomic E-state index is -1.29. The van der Waals surface area contributed by atoms with Gasteiger partial charge in [-0.2, -0.15) is 0 Å². The first-order chi connectivity index (χ1) is 5.88. The monoisotopic (exact) mass is 181 g/mol. The lowest BCUT2D eigenvalue weighted by Crippen LogP contribution is -2.40. The van der Waals surface area contributed by atoms with E-state index in [4.69, 9.17) is 10.2 Å². The quantitative estimate of drug-likeness (QED) is 0.671. The molecule has 1 aromatic rings. The van der Waals surface area contributed by atoms with Gasteiger partial charge in [-0.25, -0.2) is 0 Å². The van der Waals surface area contributed by atoms with Crippen LogP contribution in [0, 0.1) is 0 Å². The fourth-order valence-electron chi connectivity index (χ4n) is 1.17. The van der Waals surface area contributed by atoms with Gasteiger partial charge in [0.2, 0.25) is 9.04 Å². The van der Waals surface area contributed by atoms with Crippen LogP contribution in [0.1, 0.15) is 6.92 Å². The van der Waals surface area contributed by atoms with Crippen molar-refractivity contribution in [2.75, 3.05) is 12.8 Å². The van der Waals surface area contributed by atoms with Crippen LogP contribution < -0.4 is 10.9 Å². The third-order valence-electron chi connectivity index (χ3n) is 1.75. The van der Waals surface area contributed by atoms with E-state index in [2.05, 4.69) is 12.1 Å². The van der Waals surface area contributed by atoms with Crippen molar-refractivity contribution in [1.82, 2.24) is 0 Å². The summed E-state index contributed by atoms with van der Waals surface area (Å²) in [6.45, 7) is 2.78. The van der Waals surface area contributed by atoms with Gasteiger partial charge in [-0.3, -0.25) is 0 Å². The summed E-state index contributed by atoms with van der Waals surface area (Å²) in [6.07, 6.45) is 0.678. The molecule has 0 aromatic heterocycles. The van der Waals surface area contributed by atoms with E-state index in [1.807, 2.05) is 25.1 Å². The molecule has 0 aliphatic heterocycles. The van der Waals surface area contributed by atoms with Gasteiger partial charge in [0.15, 0.2) is 0 Å². The number of rotatable bonds is 4. The molecule has 0 saturated carbocycles. The third-order valence-corrected chi connectivity index (χ3v) is 4.05. The van der Waals surface area contributed by atoms with E-state index in [0.29, 0.717) is 6.17 Å². The molecule has 0 amide bonds. The van der Waals surface area contributed by atoms with Crippen LogP contribution in [0.2, 0.25) is 0 Å². The lowest BCUT2D eigenvalue weighted by Gasteiger charge is -2.12. The predicted octanol–water partition coefficient (Wildman–Crippen LogP) is 0.152. The molecule has 1 unspecified atom stereocenters. The molecule has 66 valence electrons. The Balaban J connectivity index is 2.66. The summed E-state index contributed by atoms with van der Waals surface area (Å²) in [5, 5.41) is 1.29. The average molecular weight is 181 g/mol. The van der Waals surface area contributed by atoms with Gasteiger partial charge in [0, 0.05) is 12.8 Å². The second-order valence-electron chi connectivity index (χ2n) is 2.59.